The number of benzene rings is 1. The van der Waals surface area contributed by atoms with Gasteiger partial charge in [-0.3, -0.25) is 0 Å². The number of halogens is 2. The van der Waals surface area contributed by atoms with Crippen molar-refractivity contribution >= 4 is 17.4 Å². The Hall–Kier alpha value is -1.68. The van der Waals surface area contributed by atoms with Crippen LogP contribution in [0.3, 0.4) is 0 Å². The molecule has 0 saturated carbocycles. The maximum absolute atomic E-state index is 13.3. The van der Waals surface area contributed by atoms with Gasteiger partial charge in [0.2, 0.25) is 0 Å². The van der Waals surface area contributed by atoms with Crippen molar-refractivity contribution in [2.45, 2.75) is 33.1 Å². The molecule has 0 aliphatic rings. The zero-order chi connectivity index (χ0) is 15.2. The fraction of sp³-hybridized carbons (Fsp3) is 0.375. The van der Waals surface area contributed by atoms with Gasteiger partial charge in [0.25, 0.3) is 0 Å². The number of nitrogens with one attached hydrogen (secondary N) is 1. The molecule has 0 aliphatic heterocycles. The quantitative estimate of drug-likeness (QED) is 0.839. The molecule has 1 aromatic heterocycles. The van der Waals surface area contributed by atoms with Gasteiger partial charge < -0.3 is 5.32 Å². The summed E-state index contributed by atoms with van der Waals surface area (Å²) in [7, 11) is 0. The van der Waals surface area contributed by atoms with Crippen molar-refractivity contribution in [3.05, 3.63) is 40.9 Å². The van der Waals surface area contributed by atoms with Crippen molar-refractivity contribution in [3.8, 4) is 11.3 Å². The van der Waals surface area contributed by atoms with E-state index in [9.17, 15) is 4.39 Å². The van der Waals surface area contributed by atoms with Gasteiger partial charge in [0, 0.05) is 17.7 Å². The topological polar surface area (TPSA) is 37.8 Å². The molecule has 0 amide bonds. The molecule has 112 valence electrons. The van der Waals surface area contributed by atoms with Crippen molar-refractivity contribution in [1.29, 1.82) is 0 Å². The van der Waals surface area contributed by atoms with E-state index in [0.29, 0.717) is 0 Å². The van der Waals surface area contributed by atoms with Gasteiger partial charge in [-0.15, -0.1) is 0 Å². The van der Waals surface area contributed by atoms with Crippen molar-refractivity contribution in [1.82, 2.24) is 9.97 Å². The third-order valence-corrected chi connectivity index (χ3v) is 3.47. The molecule has 2 aromatic rings. The second kappa shape index (κ2) is 7.36. The summed E-state index contributed by atoms with van der Waals surface area (Å²) in [6.07, 6.45) is 4.39. The molecule has 5 heteroatoms. The van der Waals surface area contributed by atoms with Gasteiger partial charge in [-0.05, 0) is 31.0 Å². The van der Waals surface area contributed by atoms with Gasteiger partial charge in [-0.1, -0.05) is 31.9 Å². The minimum absolute atomic E-state index is 0.108. The maximum atomic E-state index is 13.3. The van der Waals surface area contributed by atoms with Crippen LogP contribution in [0.4, 0.5) is 10.2 Å². The van der Waals surface area contributed by atoms with Gasteiger partial charge in [0.1, 0.15) is 18.0 Å². The standard InChI is InChI=1S/C16H19ClFN3/c1-3-5-12-15(11-6-7-14(18)13(17)9-11)20-10-21-16(12)19-8-4-2/h6-7,9-10H,3-5,8H2,1-2H3,(H,19,20,21). The van der Waals surface area contributed by atoms with E-state index in [1.807, 2.05) is 0 Å². The summed E-state index contributed by atoms with van der Waals surface area (Å²) < 4.78 is 13.3. The minimum Gasteiger partial charge on any atom is -0.370 e. The van der Waals surface area contributed by atoms with Gasteiger partial charge in [-0.25, -0.2) is 14.4 Å². The van der Waals surface area contributed by atoms with Crippen LogP contribution in [0.25, 0.3) is 11.3 Å². The van der Waals surface area contributed by atoms with Crippen LogP contribution in [-0.2, 0) is 6.42 Å². The van der Waals surface area contributed by atoms with Crippen LogP contribution in [0, 0.1) is 5.82 Å². The highest BCUT2D eigenvalue weighted by molar-refractivity contribution is 6.31. The fourth-order valence-electron chi connectivity index (χ4n) is 2.19. The summed E-state index contributed by atoms with van der Waals surface area (Å²) in [6, 6.07) is 4.68. The van der Waals surface area contributed by atoms with Crippen molar-refractivity contribution in [3.63, 3.8) is 0 Å². The largest absolute Gasteiger partial charge is 0.370 e. The zero-order valence-electron chi connectivity index (χ0n) is 12.3. The van der Waals surface area contributed by atoms with Crippen LogP contribution in [-0.4, -0.2) is 16.5 Å². The van der Waals surface area contributed by atoms with E-state index >= 15 is 0 Å². The molecule has 0 saturated heterocycles. The molecule has 2 rings (SSSR count). The summed E-state index contributed by atoms with van der Waals surface area (Å²) in [6.45, 7) is 5.07. The molecule has 21 heavy (non-hydrogen) atoms. The molecule has 0 spiro atoms. The first-order chi connectivity index (χ1) is 10.2. The Kier molecular flexibility index (Phi) is 5.51. The normalized spacial score (nSPS) is 10.7. The third kappa shape index (κ3) is 3.70. The number of hydrogen-bond donors (Lipinski definition) is 1. The Labute approximate surface area is 129 Å². The zero-order valence-corrected chi connectivity index (χ0v) is 13.0. The van der Waals surface area contributed by atoms with Crippen LogP contribution in [0.5, 0.6) is 0 Å². The molecule has 0 bridgehead atoms. The molecule has 1 heterocycles. The predicted octanol–water partition coefficient (Wildman–Crippen LogP) is 4.71. The molecular weight excluding hydrogens is 289 g/mol. The molecule has 1 aromatic carbocycles. The van der Waals surface area contributed by atoms with E-state index < -0.39 is 5.82 Å². The second-order valence-electron chi connectivity index (χ2n) is 4.86. The lowest BCUT2D eigenvalue weighted by Crippen LogP contribution is -2.07. The SMILES string of the molecule is CCCNc1ncnc(-c2ccc(F)c(Cl)c2)c1CCC. The number of aromatic nitrogens is 2. The number of rotatable bonds is 6. The molecule has 1 N–H and O–H groups in total. The van der Waals surface area contributed by atoms with Crippen molar-refractivity contribution in [2.75, 3.05) is 11.9 Å². The second-order valence-corrected chi connectivity index (χ2v) is 5.26. The van der Waals surface area contributed by atoms with Crippen LogP contribution in [0.2, 0.25) is 5.02 Å². The van der Waals surface area contributed by atoms with Crippen LogP contribution < -0.4 is 5.32 Å². The van der Waals surface area contributed by atoms with Crippen LogP contribution in [0.1, 0.15) is 32.3 Å². The van der Waals surface area contributed by atoms with Crippen molar-refractivity contribution < 1.29 is 4.39 Å². The Morgan fingerprint density at radius 3 is 2.67 bits per heavy atom. The first-order valence-corrected chi connectivity index (χ1v) is 7.58. The van der Waals surface area contributed by atoms with Crippen LogP contribution >= 0.6 is 11.6 Å². The van der Waals surface area contributed by atoms with E-state index in [1.54, 1.807) is 12.1 Å². The van der Waals surface area contributed by atoms with E-state index in [1.165, 1.54) is 12.4 Å². The molecule has 0 radical (unpaired) electrons. The van der Waals surface area contributed by atoms with E-state index in [0.717, 1.165) is 48.4 Å². The average Bonchev–Trinajstić information content (AvgIpc) is 2.49. The molecular formula is C16H19ClFN3. The Bertz CT molecular complexity index is 616. The Morgan fingerprint density at radius 2 is 2.00 bits per heavy atom. The first-order valence-electron chi connectivity index (χ1n) is 7.20. The summed E-state index contributed by atoms with van der Waals surface area (Å²) >= 11 is 5.88. The highest BCUT2D eigenvalue weighted by atomic mass is 35.5. The van der Waals surface area contributed by atoms with Gasteiger partial charge in [-0.2, -0.15) is 0 Å². The molecule has 0 aliphatic carbocycles. The first kappa shape index (κ1) is 15.7. The molecule has 3 nitrogen and oxygen atoms in total. The summed E-state index contributed by atoms with van der Waals surface area (Å²) in [5, 5.41) is 3.43. The lowest BCUT2D eigenvalue weighted by Gasteiger charge is -2.14. The highest BCUT2D eigenvalue weighted by Gasteiger charge is 2.13. The smallest absolute Gasteiger partial charge is 0.141 e. The monoisotopic (exact) mass is 307 g/mol. The third-order valence-electron chi connectivity index (χ3n) is 3.18. The average molecular weight is 308 g/mol. The molecule has 0 unspecified atom stereocenters. The Balaban J connectivity index is 2.48. The van der Waals surface area contributed by atoms with Crippen LogP contribution in [0.15, 0.2) is 24.5 Å². The lowest BCUT2D eigenvalue weighted by atomic mass is 10.0. The molecule has 0 fully saturated rings. The molecule has 0 atom stereocenters. The highest BCUT2D eigenvalue weighted by Crippen LogP contribution is 2.29. The van der Waals surface area contributed by atoms with E-state index in [2.05, 4.69) is 29.1 Å². The minimum atomic E-state index is -0.421. The number of hydrogen-bond acceptors (Lipinski definition) is 3. The van der Waals surface area contributed by atoms with E-state index in [-0.39, 0.29) is 5.02 Å². The summed E-state index contributed by atoms with van der Waals surface area (Å²) in [5.41, 5.74) is 2.68. The van der Waals surface area contributed by atoms with Gasteiger partial charge in [0.05, 0.1) is 10.7 Å². The Morgan fingerprint density at radius 1 is 1.19 bits per heavy atom. The maximum Gasteiger partial charge on any atom is 0.141 e. The summed E-state index contributed by atoms with van der Waals surface area (Å²) in [5.74, 6) is 0.431. The van der Waals surface area contributed by atoms with E-state index in [4.69, 9.17) is 11.6 Å². The fourth-order valence-corrected chi connectivity index (χ4v) is 2.37. The lowest BCUT2D eigenvalue weighted by molar-refractivity contribution is 0.628. The number of anilines is 1. The summed E-state index contributed by atoms with van der Waals surface area (Å²) in [4.78, 5) is 8.71. The predicted molar refractivity (Wildman–Crippen MR) is 85.2 cm³/mol. The van der Waals surface area contributed by atoms with Gasteiger partial charge in [0.15, 0.2) is 0 Å². The number of nitrogens with zero attached hydrogens (tertiary/aromatic N) is 2. The van der Waals surface area contributed by atoms with Crippen molar-refractivity contribution in [2.24, 2.45) is 0 Å². The van der Waals surface area contributed by atoms with Gasteiger partial charge >= 0.3 is 0 Å².